The molecule has 0 saturated carbocycles. The summed E-state index contributed by atoms with van der Waals surface area (Å²) in [5.74, 6) is 0.970. The SMILES string of the molecule is C=C/C(=C\C=C(C)C)N1CC(CCN(CC)C/C=C(C)/C=C\C(=C)OCC)COC1=O. The molecule has 31 heavy (non-hydrogen) atoms. The molecule has 0 bridgehead atoms. The third kappa shape index (κ3) is 10.4. The van der Waals surface area contributed by atoms with Crippen molar-refractivity contribution in [3.63, 3.8) is 0 Å². The first-order chi connectivity index (χ1) is 14.8. The van der Waals surface area contributed by atoms with Crippen LogP contribution in [0.25, 0.3) is 0 Å². The maximum Gasteiger partial charge on any atom is 0.414 e. The highest BCUT2D eigenvalue weighted by Crippen LogP contribution is 2.20. The summed E-state index contributed by atoms with van der Waals surface area (Å²) in [5, 5.41) is 0. The van der Waals surface area contributed by atoms with Gasteiger partial charge in [-0.2, -0.15) is 0 Å². The zero-order valence-electron chi connectivity index (χ0n) is 20.0. The van der Waals surface area contributed by atoms with E-state index in [1.165, 1.54) is 11.1 Å². The predicted molar refractivity (Wildman–Crippen MR) is 130 cm³/mol. The Bertz CT molecular complexity index is 727. The summed E-state index contributed by atoms with van der Waals surface area (Å²) in [6, 6.07) is 0. The molecule has 0 aromatic rings. The molecule has 1 aliphatic heterocycles. The first kappa shape index (κ1) is 26.5. The molecule has 1 fully saturated rings. The zero-order valence-corrected chi connectivity index (χ0v) is 20.0. The molecule has 1 unspecified atom stereocenters. The molecule has 0 aliphatic carbocycles. The standard InChI is InChI=1S/C26H40N2O3/c1-8-25(14-11-21(4)5)28-19-24(20-31-26(28)29)16-18-27(9-2)17-15-22(6)12-13-23(7)30-10-3/h8,11-15,24H,1,7,9-10,16-20H2,2-6H3/b13-12-,22-15+,25-14+. The van der Waals surface area contributed by atoms with Crippen LogP contribution >= 0.6 is 0 Å². The van der Waals surface area contributed by atoms with Crippen LogP contribution in [0.3, 0.4) is 0 Å². The summed E-state index contributed by atoms with van der Waals surface area (Å²) in [7, 11) is 0. The van der Waals surface area contributed by atoms with E-state index < -0.39 is 0 Å². The van der Waals surface area contributed by atoms with Crippen molar-refractivity contribution >= 4 is 6.09 Å². The summed E-state index contributed by atoms with van der Waals surface area (Å²) in [4.78, 5) is 16.3. The molecule has 1 amide bonds. The second kappa shape index (κ2) is 14.5. The minimum absolute atomic E-state index is 0.293. The van der Waals surface area contributed by atoms with Crippen molar-refractivity contribution in [3.05, 3.63) is 72.2 Å². The third-order valence-electron chi connectivity index (χ3n) is 5.05. The first-order valence-electron chi connectivity index (χ1n) is 11.1. The van der Waals surface area contributed by atoms with Crippen LogP contribution in [0.1, 0.15) is 41.0 Å². The Balaban J connectivity index is 2.63. The van der Waals surface area contributed by atoms with Gasteiger partial charge in [0.25, 0.3) is 0 Å². The number of carbonyl (C=O) groups excluding carboxylic acids is 1. The van der Waals surface area contributed by atoms with Crippen molar-refractivity contribution in [2.24, 2.45) is 5.92 Å². The Morgan fingerprint density at radius 3 is 2.61 bits per heavy atom. The minimum atomic E-state index is -0.295. The van der Waals surface area contributed by atoms with Crippen LogP contribution in [0, 0.1) is 5.92 Å². The van der Waals surface area contributed by atoms with Crippen molar-refractivity contribution < 1.29 is 14.3 Å². The van der Waals surface area contributed by atoms with Gasteiger partial charge in [0.15, 0.2) is 0 Å². The zero-order chi connectivity index (χ0) is 23.2. The molecule has 0 spiro atoms. The van der Waals surface area contributed by atoms with Gasteiger partial charge in [0.1, 0.15) is 5.76 Å². The molecule has 0 radical (unpaired) electrons. The molecule has 5 nitrogen and oxygen atoms in total. The lowest BCUT2D eigenvalue weighted by molar-refractivity contribution is 0.0518. The van der Waals surface area contributed by atoms with Crippen LogP contribution in [0.4, 0.5) is 4.79 Å². The van der Waals surface area contributed by atoms with E-state index in [0.29, 0.717) is 31.4 Å². The maximum absolute atomic E-state index is 12.3. The van der Waals surface area contributed by atoms with Crippen LogP contribution in [-0.4, -0.2) is 55.3 Å². The Morgan fingerprint density at radius 1 is 1.26 bits per heavy atom. The summed E-state index contributed by atoms with van der Waals surface area (Å²) in [6.45, 7) is 22.5. The number of carbonyl (C=O) groups is 1. The van der Waals surface area contributed by atoms with Gasteiger partial charge in [-0.15, -0.1) is 0 Å². The van der Waals surface area contributed by atoms with Gasteiger partial charge in [-0.25, -0.2) is 4.79 Å². The highest BCUT2D eigenvalue weighted by atomic mass is 16.6. The second-order valence-electron chi connectivity index (χ2n) is 7.96. The van der Waals surface area contributed by atoms with Crippen LogP contribution in [-0.2, 0) is 9.47 Å². The second-order valence-corrected chi connectivity index (χ2v) is 7.96. The van der Waals surface area contributed by atoms with Gasteiger partial charge in [-0.3, -0.25) is 9.80 Å². The predicted octanol–water partition coefficient (Wildman–Crippen LogP) is 5.86. The smallest absolute Gasteiger partial charge is 0.414 e. The quantitative estimate of drug-likeness (QED) is 0.272. The molecule has 1 rings (SSSR count). The fourth-order valence-electron chi connectivity index (χ4n) is 3.10. The molecule has 1 atom stereocenters. The summed E-state index contributed by atoms with van der Waals surface area (Å²) < 4.78 is 10.8. The molecule has 0 aromatic carbocycles. The van der Waals surface area contributed by atoms with Crippen molar-refractivity contribution in [2.75, 3.05) is 39.4 Å². The van der Waals surface area contributed by atoms with Crippen LogP contribution in [0.15, 0.2) is 72.2 Å². The monoisotopic (exact) mass is 428 g/mol. The molecular formula is C26H40N2O3. The van der Waals surface area contributed by atoms with Crippen LogP contribution in [0.5, 0.6) is 0 Å². The average Bonchev–Trinajstić information content (AvgIpc) is 2.74. The molecule has 1 aliphatic rings. The molecule has 1 heterocycles. The summed E-state index contributed by atoms with van der Waals surface area (Å²) in [5.41, 5.74) is 3.12. The van der Waals surface area contributed by atoms with Crippen LogP contribution in [0.2, 0.25) is 0 Å². The highest BCUT2D eigenvalue weighted by molar-refractivity contribution is 5.71. The normalized spacial score (nSPS) is 17.7. The minimum Gasteiger partial charge on any atom is -0.495 e. The number of amides is 1. The number of hydrogen-bond donors (Lipinski definition) is 0. The number of rotatable bonds is 13. The van der Waals surface area contributed by atoms with E-state index in [1.807, 2.05) is 45.1 Å². The number of nitrogens with zero attached hydrogens (tertiary/aromatic N) is 2. The summed E-state index contributed by atoms with van der Waals surface area (Å²) in [6.07, 6.45) is 12.4. The van der Waals surface area contributed by atoms with E-state index >= 15 is 0 Å². The van der Waals surface area contributed by atoms with Gasteiger partial charge in [0.05, 0.1) is 13.2 Å². The lowest BCUT2D eigenvalue weighted by Gasteiger charge is -2.33. The van der Waals surface area contributed by atoms with E-state index in [9.17, 15) is 4.79 Å². The summed E-state index contributed by atoms with van der Waals surface area (Å²) >= 11 is 0. The van der Waals surface area contributed by atoms with Gasteiger partial charge in [-0.1, -0.05) is 49.5 Å². The highest BCUT2D eigenvalue weighted by Gasteiger charge is 2.28. The van der Waals surface area contributed by atoms with Crippen molar-refractivity contribution in [3.8, 4) is 0 Å². The van der Waals surface area contributed by atoms with E-state index in [4.69, 9.17) is 9.47 Å². The van der Waals surface area contributed by atoms with E-state index in [1.54, 1.807) is 11.0 Å². The Labute approximate surface area is 189 Å². The van der Waals surface area contributed by atoms with Gasteiger partial charge < -0.3 is 9.47 Å². The third-order valence-corrected chi connectivity index (χ3v) is 5.05. The number of likely N-dealkylation sites (N-methyl/N-ethyl adjacent to an activating group) is 1. The molecule has 1 saturated heterocycles. The fourth-order valence-corrected chi connectivity index (χ4v) is 3.10. The lowest BCUT2D eigenvalue weighted by Crippen LogP contribution is -2.43. The van der Waals surface area contributed by atoms with Crippen molar-refractivity contribution in [1.82, 2.24) is 9.80 Å². The lowest BCUT2D eigenvalue weighted by atomic mass is 10.0. The Morgan fingerprint density at radius 2 is 2.00 bits per heavy atom. The van der Waals surface area contributed by atoms with E-state index in [0.717, 1.165) is 31.8 Å². The molecule has 0 N–H and O–H groups in total. The largest absolute Gasteiger partial charge is 0.495 e. The van der Waals surface area contributed by atoms with Crippen LogP contribution < -0.4 is 0 Å². The average molecular weight is 429 g/mol. The fraction of sp³-hybridized carbons (Fsp3) is 0.500. The Hall–Kier alpha value is -2.53. The molecule has 5 heteroatoms. The Kier molecular flexibility index (Phi) is 12.4. The molecule has 0 aromatic heterocycles. The van der Waals surface area contributed by atoms with Crippen molar-refractivity contribution in [2.45, 2.75) is 41.0 Å². The number of ether oxygens (including phenoxy) is 2. The molecular weight excluding hydrogens is 388 g/mol. The number of hydrogen-bond acceptors (Lipinski definition) is 4. The number of cyclic esters (lactones) is 1. The van der Waals surface area contributed by atoms with Gasteiger partial charge in [0, 0.05) is 24.7 Å². The topological polar surface area (TPSA) is 42.0 Å². The van der Waals surface area contributed by atoms with Gasteiger partial charge in [-0.05, 0) is 65.4 Å². The van der Waals surface area contributed by atoms with Gasteiger partial charge in [0.2, 0.25) is 0 Å². The van der Waals surface area contributed by atoms with Gasteiger partial charge >= 0.3 is 6.09 Å². The first-order valence-corrected chi connectivity index (χ1v) is 11.1. The molecule has 172 valence electrons. The van der Waals surface area contributed by atoms with Crippen molar-refractivity contribution in [1.29, 1.82) is 0 Å². The maximum atomic E-state index is 12.3. The van der Waals surface area contributed by atoms with E-state index in [-0.39, 0.29) is 6.09 Å². The number of allylic oxidation sites excluding steroid dienone is 7. The van der Waals surface area contributed by atoms with E-state index in [2.05, 4.69) is 38.0 Å².